The van der Waals surface area contributed by atoms with Crippen molar-refractivity contribution in [3.63, 3.8) is 0 Å². The van der Waals surface area contributed by atoms with Gasteiger partial charge in [0, 0.05) is 13.1 Å². The smallest absolute Gasteiger partial charge is 0.262 e. The standard InChI is InChI=1S/C24H27N3O2S/c1-26(19-12-6-3-7-13-19)22(28)17-30-24-25-21-15-9-8-14-20(21)23(29)27(24)16-18-10-4-2-5-11-18/h2,4-5,8-11,14-15,19H,3,6-7,12-13,16-17H2,1H3. The second-order valence-electron chi connectivity index (χ2n) is 7.87. The van der Waals surface area contributed by atoms with Gasteiger partial charge in [-0.1, -0.05) is 73.5 Å². The van der Waals surface area contributed by atoms with Crippen molar-refractivity contribution in [3.8, 4) is 0 Å². The molecule has 0 atom stereocenters. The van der Waals surface area contributed by atoms with E-state index in [2.05, 4.69) is 0 Å². The molecule has 2 aromatic carbocycles. The maximum absolute atomic E-state index is 13.2. The average molecular weight is 422 g/mol. The predicted octanol–water partition coefficient (Wildman–Crippen LogP) is 4.33. The Bertz CT molecular complexity index is 1070. The van der Waals surface area contributed by atoms with Gasteiger partial charge in [-0.3, -0.25) is 14.2 Å². The van der Waals surface area contributed by atoms with Crippen molar-refractivity contribution in [1.29, 1.82) is 0 Å². The Kier molecular flexibility index (Phi) is 6.53. The highest BCUT2D eigenvalue weighted by Gasteiger charge is 2.22. The first-order valence-electron chi connectivity index (χ1n) is 10.6. The van der Waals surface area contributed by atoms with Gasteiger partial charge in [-0.25, -0.2) is 4.98 Å². The molecule has 1 fully saturated rings. The first kappa shape index (κ1) is 20.7. The fourth-order valence-electron chi connectivity index (χ4n) is 4.06. The molecule has 0 radical (unpaired) electrons. The molecule has 1 aromatic heterocycles. The molecular formula is C24H27N3O2S. The van der Waals surface area contributed by atoms with Crippen LogP contribution in [0.15, 0.2) is 64.5 Å². The summed E-state index contributed by atoms with van der Waals surface area (Å²) < 4.78 is 1.69. The van der Waals surface area contributed by atoms with Gasteiger partial charge in [0.15, 0.2) is 5.16 Å². The van der Waals surface area contributed by atoms with Crippen molar-refractivity contribution in [3.05, 3.63) is 70.5 Å². The molecule has 0 bridgehead atoms. The minimum absolute atomic E-state index is 0.0694. The van der Waals surface area contributed by atoms with Crippen LogP contribution in [-0.4, -0.2) is 39.2 Å². The van der Waals surface area contributed by atoms with E-state index >= 15 is 0 Å². The summed E-state index contributed by atoms with van der Waals surface area (Å²) in [5, 5.41) is 1.19. The first-order chi connectivity index (χ1) is 14.6. The van der Waals surface area contributed by atoms with Gasteiger partial charge in [-0.15, -0.1) is 0 Å². The van der Waals surface area contributed by atoms with Gasteiger partial charge >= 0.3 is 0 Å². The third kappa shape index (κ3) is 4.59. The first-order valence-corrected chi connectivity index (χ1v) is 11.5. The Morgan fingerprint density at radius 1 is 1.07 bits per heavy atom. The molecular weight excluding hydrogens is 394 g/mol. The predicted molar refractivity (Wildman–Crippen MR) is 122 cm³/mol. The SMILES string of the molecule is CN(C(=O)CSc1nc2ccccc2c(=O)n1Cc1ccccc1)C1CCCCC1. The van der Waals surface area contributed by atoms with Crippen molar-refractivity contribution in [1.82, 2.24) is 14.5 Å². The summed E-state index contributed by atoms with van der Waals surface area (Å²) in [5.74, 6) is 0.382. The summed E-state index contributed by atoms with van der Waals surface area (Å²) >= 11 is 1.36. The van der Waals surface area contributed by atoms with Crippen LogP contribution >= 0.6 is 11.8 Å². The molecule has 0 spiro atoms. The molecule has 4 rings (SSSR count). The number of benzene rings is 2. The van der Waals surface area contributed by atoms with Crippen molar-refractivity contribution in [2.24, 2.45) is 0 Å². The van der Waals surface area contributed by atoms with E-state index in [9.17, 15) is 9.59 Å². The molecule has 156 valence electrons. The molecule has 1 amide bonds. The van der Waals surface area contributed by atoms with E-state index in [1.165, 1.54) is 31.0 Å². The van der Waals surface area contributed by atoms with E-state index in [0.717, 1.165) is 18.4 Å². The summed E-state index contributed by atoms with van der Waals surface area (Å²) in [6, 6.07) is 17.6. The minimum atomic E-state index is -0.0694. The van der Waals surface area contributed by atoms with E-state index < -0.39 is 0 Å². The number of fused-ring (bicyclic) bond motifs is 1. The number of rotatable bonds is 6. The van der Waals surface area contributed by atoms with Gasteiger partial charge in [0.1, 0.15) is 0 Å². The molecule has 1 saturated carbocycles. The van der Waals surface area contributed by atoms with Crippen molar-refractivity contribution < 1.29 is 4.79 Å². The number of thioether (sulfide) groups is 1. The number of amides is 1. The number of aromatic nitrogens is 2. The molecule has 0 unspecified atom stereocenters. The molecule has 30 heavy (non-hydrogen) atoms. The number of para-hydroxylation sites is 1. The van der Waals surface area contributed by atoms with Gasteiger partial charge < -0.3 is 4.90 Å². The topological polar surface area (TPSA) is 55.2 Å². The lowest BCUT2D eigenvalue weighted by atomic mass is 9.94. The second-order valence-corrected chi connectivity index (χ2v) is 8.82. The average Bonchev–Trinajstić information content (AvgIpc) is 2.80. The number of hydrogen-bond acceptors (Lipinski definition) is 4. The van der Waals surface area contributed by atoms with Crippen LogP contribution < -0.4 is 5.56 Å². The fraction of sp³-hybridized carbons (Fsp3) is 0.375. The quantitative estimate of drug-likeness (QED) is 0.439. The maximum atomic E-state index is 13.2. The third-order valence-corrected chi connectivity index (χ3v) is 6.81. The zero-order valence-electron chi connectivity index (χ0n) is 17.3. The normalized spacial score (nSPS) is 14.7. The third-order valence-electron chi connectivity index (χ3n) is 5.85. The molecule has 1 aliphatic carbocycles. The lowest BCUT2D eigenvalue weighted by Gasteiger charge is -2.31. The molecule has 0 N–H and O–H groups in total. The van der Waals surface area contributed by atoms with Gasteiger partial charge in [-0.05, 0) is 30.5 Å². The molecule has 5 nitrogen and oxygen atoms in total. The summed E-state index contributed by atoms with van der Waals surface area (Å²) in [5.41, 5.74) is 1.63. The Morgan fingerprint density at radius 2 is 1.77 bits per heavy atom. The van der Waals surface area contributed by atoms with Crippen LogP contribution in [0.5, 0.6) is 0 Å². The largest absolute Gasteiger partial charge is 0.342 e. The Labute approximate surface area is 181 Å². The van der Waals surface area contributed by atoms with Crippen molar-refractivity contribution in [2.45, 2.75) is 49.8 Å². The van der Waals surface area contributed by atoms with Crippen LogP contribution in [-0.2, 0) is 11.3 Å². The van der Waals surface area contributed by atoms with Gasteiger partial charge in [0.25, 0.3) is 5.56 Å². The molecule has 1 aliphatic rings. The van der Waals surface area contributed by atoms with E-state index in [4.69, 9.17) is 4.98 Å². The van der Waals surface area contributed by atoms with Gasteiger partial charge in [0.2, 0.25) is 5.91 Å². The van der Waals surface area contributed by atoms with E-state index in [1.54, 1.807) is 4.57 Å². The summed E-state index contributed by atoms with van der Waals surface area (Å²) in [6.07, 6.45) is 5.82. The summed E-state index contributed by atoms with van der Waals surface area (Å²) in [4.78, 5) is 32.6. The lowest BCUT2D eigenvalue weighted by Crippen LogP contribution is -2.39. The Morgan fingerprint density at radius 3 is 2.53 bits per heavy atom. The van der Waals surface area contributed by atoms with Crippen LogP contribution in [0.1, 0.15) is 37.7 Å². The number of carbonyl (C=O) groups is 1. The Hall–Kier alpha value is -2.60. The van der Waals surface area contributed by atoms with Gasteiger partial charge in [0.05, 0.1) is 23.2 Å². The van der Waals surface area contributed by atoms with Crippen LogP contribution in [0.4, 0.5) is 0 Å². The van der Waals surface area contributed by atoms with E-state index in [-0.39, 0.29) is 17.2 Å². The molecule has 6 heteroatoms. The minimum Gasteiger partial charge on any atom is -0.342 e. The molecule has 0 aliphatic heterocycles. The highest BCUT2D eigenvalue weighted by Crippen LogP contribution is 2.24. The number of carbonyl (C=O) groups excluding carboxylic acids is 1. The zero-order valence-corrected chi connectivity index (χ0v) is 18.1. The van der Waals surface area contributed by atoms with Gasteiger partial charge in [-0.2, -0.15) is 0 Å². The van der Waals surface area contributed by atoms with Crippen LogP contribution in [0.2, 0.25) is 0 Å². The zero-order chi connectivity index (χ0) is 20.9. The van der Waals surface area contributed by atoms with E-state index in [1.807, 2.05) is 66.5 Å². The van der Waals surface area contributed by atoms with Crippen LogP contribution in [0.25, 0.3) is 10.9 Å². The fourth-order valence-corrected chi connectivity index (χ4v) is 4.99. The number of nitrogens with zero attached hydrogens (tertiary/aromatic N) is 3. The number of hydrogen-bond donors (Lipinski definition) is 0. The lowest BCUT2D eigenvalue weighted by molar-refractivity contribution is -0.129. The van der Waals surface area contributed by atoms with E-state index in [0.29, 0.717) is 28.6 Å². The highest BCUT2D eigenvalue weighted by atomic mass is 32.2. The second kappa shape index (κ2) is 9.47. The highest BCUT2D eigenvalue weighted by molar-refractivity contribution is 7.99. The maximum Gasteiger partial charge on any atom is 0.262 e. The Balaban J connectivity index is 1.59. The van der Waals surface area contributed by atoms with Crippen LogP contribution in [0, 0.1) is 0 Å². The van der Waals surface area contributed by atoms with Crippen molar-refractivity contribution in [2.75, 3.05) is 12.8 Å². The molecule has 0 saturated heterocycles. The summed E-state index contributed by atoms with van der Waals surface area (Å²) in [6.45, 7) is 0.437. The molecule has 3 aromatic rings. The monoisotopic (exact) mass is 421 g/mol. The van der Waals surface area contributed by atoms with Crippen molar-refractivity contribution >= 4 is 28.6 Å². The van der Waals surface area contributed by atoms with Crippen LogP contribution in [0.3, 0.4) is 0 Å². The summed E-state index contributed by atoms with van der Waals surface area (Å²) in [7, 11) is 1.91. The molecule has 1 heterocycles.